The van der Waals surface area contributed by atoms with Crippen molar-refractivity contribution in [3.05, 3.63) is 82.3 Å². The number of rotatable bonds is 6. The van der Waals surface area contributed by atoms with Crippen LogP contribution >= 0.6 is 0 Å². The number of hydrogen-bond acceptors (Lipinski definition) is 4. The molecule has 8 heteroatoms. The number of aromatic nitrogens is 1. The Morgan fingerprint density at radius 2 is 1.65 bits per heavy atom. The molecule has 2 aromatic carbocycles. The first kappa shape index (κ1) is 21.6. The van der Waals surface area contributed by atoms with E-state index in [1.54, 1.807) is 19.1 Å². The number of aromatic hydroxyl groups is 1. The third-order valence-corrected chi connectivity index (χ3v) is 4.87. The molecule has 0 radical (unpaired) electrons. The molecule has 0 saturated carbocycles. The average Bonchev–Trinajstić information content (AvgIpc) is 2.75. The van der Waals surface area contributed by atoms with Gasteiger partial charge in [0.25, 0.3) is 5.56 Å². The third-order valence-electron chi connectivity index (χ3n) is 4.87. The summed E-state index contributed by atoms with van der Waals surface area (Å²) in [6.45, 7) is 1.60. The Kier molecular flexibility index (Phi) is 6.40. The van der Waals surface area contributed by atoms with E-state index in [0.717, 1.165) is 11.1 Å². The predicted octanol–water partition coefficient (Wildman–Crippen LogP) is 3.40. The van der Waals surface area contributed by atoms with Crippen LogP contribution < -0.4 is 16.2 Å². The molecule has 3 rings (SSSR count). The SMILES string of the molecule is Cc1cn(C)c(=O)c(NC(=O)NC(CC(=O)O)c2ccc(-c3ccccc3)cc2)c1O. The van der Waals surface area contributed by atoms with Gasteiger partial charge in [-0.25, -0.2) is 4.79 Å². The lowest BCUT2D eigenvalue weighted by Crippen LogP contribution is -2.36. The van der Waals surface area contributed by atoms with Gasteiger partial charge in [0.2, 0.25) is 0 Å². The molecule has 8 nitrogen and oxygen atoms in total. The molecule has 160 valence electrons. The standard InChI is InChI=1S/C23H23N3O5/c1-14-13-26(2)22(30)20(21(14)29)25-23(31)24-18(12-19(27)28)17-10-8-16(9-11-17)15-6-4-3-5-7-15/h3-11,13,18,29H,12H2,1-2H3,(H,27,28)(H2,24,25,31). The van der Waals surface area contributed by atoms with Crippen LogP contribution in [0.5, 0.6) is 5.75 Å². The van der Waals surface area contributed by atoms with Crippen molar-refractivity contribution in [3.63, 3.8) is 0 Å². The van der Waals surface area contributed by atoms with Gasteiger partial charge in [-0.1, -0.05) is 54.6 Å². The van der Waals surface area contributed by atoms with Crippen LogP contribution in [-0.2, 0) is 11.8 Å². The number of carboxylic acid groups (broad SMARTS) is 1. The minimum absolute atomic E-state index is 0.270. The van der Waals surface area contributed by atoms with Crippen molar-refractivity contribution in [3.8, 4) is 16.9 Å². The average molecular weight is 421 g/mol. The van der Waals surface area contributed by atoms with Crippen LogP contribution in [0.1, 0.15) is 23.6 Å². The van der Waals surface area contributed by atoms with Crippen molar-refractivity contribution in [1.29, 1.82) is 0 Å². The fourth-order valence-corrected chi connectivity index (χ4v) is 3.27. The minimum Gasteiger partial charge on any atom is -0.505 e. The van der Waals surface area contributed by atoms with Crippen molar-refractivity contribution in [2.75, 3.05) is 5.32 Å². The number of amides is 2. The van der Waals surface area contributed by atoms with Crippen LogP contribution in [0.15, 0.2) is 65.6 Å². The molecule has 0 aliphatic rings. The Labute approximate surface area is 178 Å². The van der Waals surface area contributed by atoms with Gasteiger partial charge in [-0.15, -0.1) is 0 Å². The van der Waals surface area contributed by atoms with Gasteiger partial charge in [0.15, 0.2) is 5.69 Å². The number of pyridine rings is 1. The number of hydrogen-bond donors (Lipinski definition) is 4. The Morgan fingerprint density at radius 1 is 1.03 bits per heavy atom. The number of anilines is 1. The first-order chi connectivity index (χ1) is 14.8. The Hall–Kier alpha value is -4.07. The van der Waals surface area contributed by atoms with E-state index in [0.29, 0.717) is 11.1 Å². The lowest BCUT2D eigenvalue weighted by molar-refractivity contribution is -0.137. The van der Waals surface area contributed by atoms with Crippen molar-refractivity contribution >= 4 is 17.7 Å². The van der Waals surface area contributed by atoms with E-state index >= 15 is 0 Å². The highest BCUT2D eigenvalue weighted by atomic mass is 16.4. The van der Waals surface area contributed by atoms with E-state index < -0.39 is 23.6 Å². The number of urea groups is 1. The first-order valence-corrected chi connectivity index (χ1v) is 9.60. The number of nitrogens with one attached hydrogen (secondary N) is 2. The van der Waals surface area contributed by atoms with Gasteiger partial charge < -0.3 is 25.4 Å². The van der Waals surface area contributed by atoms with Crippen LogP contribution in [0.2, 0.25) is 0 Å². The maximum atomic E-state index is 12.5. The molecular formula is C23H23N3O5. The van der Waals surface area contributed by atoms with E-state index in [1.165, 1.54) is 17.8 Å². The molecule has 0 saturated heterocycles. The molecule has 0 spiro atoms. The van der Waals surface area contributed by atoms with Crippen LogP contribution in [0.4, 0.5) is 10.5 Å². The summed E-state index contributed by atoms with van der Waals surface area (Å²) in [5, 5.41) is 24.3. The second kappa shape index (κ2) is 9.17. The summed E-state index contributed by atoms with van der Waals surface area (Å²) < 4.78 is 1.24. The van der Waals surface area contributed by atoms with Gasteiger partial charge in [-0.05, 0) is 23.6 Å². The summed E-state index contributed by atoms with van der Waals surface area (Å²) in [7, 11) is 1.50. The van der Waals surface area contributed by atoms with E-state index in [2.05, 4.69) is 10.6 Å². The summed E-state index contributed by atoms with van der Waals surface area (Å²) in [4.78, 5) is 36.1. The zero-order valence-corrected chi connectivity index (χ0v) is 17.1. The molecule has 4 N–H and O–H groups in total. The van der Waals surface area contributed by atoms with Crippen molar-refractivity contribution in [2.24, 2.45) is 7.05 Å². The van der Waals surface area contributed by atoms with Crippen molar-refractivity contribution in [2.45, 2.75) is 19.4 Å². The Bertz CT molecular complexity index is 1150. The molecule has 0 bridgehead atoms. The smallest absolute Gasteiger partial charge is 0.319 e. The van der Waals surface area contributed by atoms with Crippen LogP contribution in [0.3, 0.4) is 0 Å². The number of carboxylic acids is 1. The summed E-state index contributed by atoms with van der Waals surface area (Å²) >= 11 is 0. The van der Waals surface area contributed by atoms with E-state index in [4.69, 9.17) is 0 Å². The molecule has 31 heavy (non-hydrogen) atoms. The number of aliphatic carboxylic acids is 1. The first-order valence-electron chi connectivity index (χ1n) is 9.60. The molecule has 1 heterocycles. The highest BCUT2D eigenvalue weighted by Gasteiger charge is 2.20. The zero-order valence-electron chi connectivity index (χ0n) is 17.1. The summed E-state index contributed by atoms with van der Waals surface area (Å²) in [5.74, 6) is -1.42. The van der Waals surface area contributed by atoms with Gasteiger partial charge in [0, 0.05) is 18.8 Å². The van der Waals surface area contributed by atoms with E-state index in [-0.39, 0.29) is 17.9 Å². The number of carbonyl (C=O) groups excluding carboxylic acids is 1. The fraction of sp³-hybridized carbons (Fsp3) is 0.174. The summed E-state index contributed by atoms with van der Waals surface area (Å²) in [6.07, 6.45) is 1.10. The fourth-order valence-electron chi connectivity index (χ4n) is 3.27. The van der Waals surface area contributed by atoms with Gasteiger partial charge >= 0.3 is 12.0 Å². The van der Waals surface area contributed by atoms with Gasteiger partial charge in [-0.3, -0.25) is 9.59 Å². The van der Waals surface area contributed by atoms with Gasteiger partial charge in [0.1, 0.15) is 5.75 Å². The molecule has 0 aliphatic carbocycles. The molecule has 1 unspecified atom stereocenters. The number of benzene rings is 2. The number of nitrogens with zero attached hydrogens (tertiary/aromatic N) is 1. The van der Waals surface area contributed by atoms with Crippen LogP contribution in [0.25, 0.3) is 11.1 Å². The molecule has 3 aromatic rings. The van der Waals surface area contributed by atoms with Crippen molar-refractivity contribution in [1.82, 2.24) is 9.88 Å². The highest BCUT2D eigenvalue weighted by molar-refractivity contribution is 5.91. The summed E-state index contributed by atoms with van der Waals surface area (Å²) in [5.41, 5.74) is 2.12. The second-order valence-corrected chi connectivity index (χ2v) is 7.19. The molecule has 2 amide bonds. The van der Waals surface area contributed by atoms with Crippen molar-refractivity contribution < 1.29 is 19.8 Å². The maximum absolute atomic E-state index is 12.5. The quantitative estimate of drug-likeness (QED) is 0.486. The topological polar surface area (TPSA) is 121 Å². The molecular weight excluding hydrogens is 398 g/mol. The maximum Gasteiger partial charge on any atom is 0.319 e. The lowest BCUT2D eigenvalue weighted by Gasteiger charge is -2.19. The molecule has 0 fully saturated rings. The third kappa shape index (κ3) is 5.11. The molecule has 0 aliphatic heterocycles. The number of aryl methyl sites for hydroxylation is 2. The minimum atomic E-state index is -1.09. The second-order valence-electron chi connectivity index (χ2n) is 7.19. The van der Waals surface area contributed by atoms with E-state index in [1.807, 2.05) is 42.5 Å². The molecule has 1 aromatic heterocycles. The Balaban J connectivity index is 1.81. The highest BCUT2D eigenvalue weighted by Crippen LogP contribution is 2.25. The zero-order chi connectivity index (χ0) is 22.5. The lowest BCUT2D eigenvalue weighted by atomic mass is 9.99. The largest absolute Gasteiger partial charge is 0.505 e. The predicted molar refractivity (Wildman–Crippen MR) is 117 cm³/mol. The normalized spacial score (nSPS) is 11.5. The monoisotopic (exact) mass is 421 g/mol. The van der Waals surface area contributed by atoms with Crippen LogP contribution in [0, 0.1) is 6.92 Å². The van der Waals surface area contributed by atoms with E-state index in [9.17, 15) is 24.6 Å². The molecule has 1 atom stereocenters. The summed E-state index contributed by atoms with van der Waals surface area (Å²) in [6, 6.07) is 15.3. The Morgan fingerprint density at radius 3 is 2.26 bits per heavy atom. The van der Waals surface area contributed by atoms with Crippen LogP contribution in [-0.4, -0.2) is 26.8 Å². The number of carbonyl (C=O) groups is 2. The van der Waals surface area contributed by atoms with Gasteiger partial charge in [0.05, 0.1) is 12.5 Å². The van der Waals surface area contributed by atoms with Gasteiger partial charge in [-0.2, -0.15) is 0 Å².